The summed E-state index contributed by atoms with van der Waals surface area (Å²) in [5.74, 6) is 0.903. The summed E-state index contributed by atoms with van der Waals surface area (Å²) >= 11 is 6.35. The van der Waals surface area contributed by atoms with Crippen molar-refractivity contribution in [3.8, 4) is 22.8 Å². The van der Waals surface area contributed by atoms with E-state index in [9.17, 15) is 4.79 Å². The van der Waals surface area contributed by atoms with Gasteiger partial charge in [0, 0.05) is 37.0 Å². The molecular formula is C25H29ClN4O4. The minimum absolute atomic E-state index is 0.00992. The van der Waals surface area contributed by atoms with E-state index in [2.05, 4.69) is 20.6 Å². The van der Waals surface area contributed by atoms with Crippen LogP contribution in [0.1, 0.15) is 36.8 Å². The smallest absolute Gasteiger partial charge is 0.255 e. The molecule has 4 rings (SSSR count). The molecule has 0 fully saturated rings. The van der Waals surface area contributed by atoms with E-state index < -0.39 is 5.60 Å². The van der Waals surface area contributed by atoms with Gasteiger partial charge in [0.05, 0.1) is 46.6 Å². The van der Waals surface area contributed by atoms with Gasteiger partial charge in [0.25, 0.3) is 5.91 Å². The van der Waals surface area contributed by atoms with Crippen LogP contribution in [0.25, 0.3) is 11.3 Å². The van der Waals surface area contributed by atoms with Crippen LogP contribution in [-0.4, -0.2) is 48.3 Å². The van der Waals surface area contributed by atoms with Gasteiger partial charge in [0.15, 0.2) is 5.75 Å². The van der Waals surface area contributed by atoms with Crippen molar-refractivity contribution in [3.05, 3.63) is 52.9 Å². The van der Waals surface area contributed by atoms with Gasteiger partial charge in [-0.2, -0.15) is 0 Å². The topological polar surface area (TPSA) is 97.5 Å². The molecule has 1 atom stereocenters. The molecule has 8 nitrogen and oxygen atoms in total. The Kier molecular flexibility index (Phi) is 6.72. The molecule has 0 spiro atoms. The number of benzene rings is 1. The first-order valence-corrected chi connectivity index (χ1v) is 11.4. The predicted octanol–water partition coefficient (Wildman–Crippen LogP) is 4.96. The van der Waals surface area contributed by atoms with E-state index in [0.29, 0.717) is 52.2 Å². The Morgan fingerprint density at radius 1 is 1.26 bits per heavy atom. The number of carbonyl (C=O) groups excluding carboxylic acids is 1. The summed E-state index contributed by atoms with van der Waals surface area (Å²) < 4.78 is 17.1. The van der Waals surface area contributed by atoms with E-state index in [4.69, 9.17) is 25.8 Å². The summed E-state index contributed by atoms with van der Waals surface area (Å²) in [6, 6.07) is 7.29. The number of nitrogens with zero attached hydrogens (tertiary/aromatic N) is 1. The van der Waals surface area contributed by atoms with Crippen molar-refractivity contribution in [2.45, 2.75) is 38.8 Å². The molecule has 180 valence electrons. The Balaban J connectivity index is 1.85. The van der Waals surface area contributed by atoms with Gasteiger partial charge in [-0.05, 0) is 39.0 Å². The fraction of sp³-hybridized carbons (Fsp3) is 0.360. The van der Waals surface area contributed by atoms with E-state index in [-0.39, 0.29) is 11.9 Å². The van der Waals surface area contributed by atoms with Gasteiger partial charge in [-0.1, -0.05) is 17.7 Å². The number of para-hydroxylation sites is 1. The quantitative estimate of drug-likeness (QED) is 0.418. The lowest BCUT2D eigenvalue weighted by molar-refractivity contribution is -0.0146. The number of nitrogens with one attached hydrogen (secondary N) is 3. The Hall–Kier alpha value is -3.23. The zero-order valence-electron chi connectivity index (χ0n) is 19.9. The molecule has 1 unspecified atom stereocenters. The number of amides is 1. The van der Waals surface area contributed by atoms with Gasteiger partial charge < -0.3 is 29.8 Å². The van der Waals surface area contributed by atoms with Crippen molar-refractivity contribution in [2.75, 3.05) is 26.1 Å². The third-order valence-electron chi connectivity index (χ3n) is 5.81. The van der Waals surface area contributed by atoms with E-state index in [1.807, 2.05) is 39.0 Å². The Bertz CT molecular complexity index is 1210. The monoisotopic (exact) mass is 484 g/mol. The van der Waals surface area contributed by atoms with Crippen molar-refractivity contribution in [2.24, 2.45) is 0 Å². The number of hydrogen-bond donors (Lipinski definition) is 3. The first kappa shape index (κ1) is 23.9. The number of halogens is 1. The average molecular weight is 485 g/mol. The Morgan fingerprint density at radius 2 is 2.06 bits per heavy atom. The zero-order chi connectivity index (χ0) is 24.5. The lowest BCUT2D eigenvalue weighted by atomic mass is 10.0. The van der Waals surface area contributed by atoms with E-state index in [0.717, 1.165) is 11.3 Å². The van der Waals surface area contributed by atoms with Crippen LogP contribution in [0.15, 0.2) is 36.7 Å². The van der Waals surface area contributed by atoms with Gasteiger partial charge in [-0.25, -0.2) is 0 Å². The number of pyridine rings is 1. The molecule has 0 saturated heterocycles. The molecule has 1 aliphatic rings. The number of H-pyrrole nitrogens is 1. The number of fused-ring (bicyclic) bond motifs is 1. The predicted molar refractivity (Wildman–Crippen MR) is 133 cm³/mol. The normalized spacial score (nSPS) is 15.5. The van der Waals surface area contributed by atoms with Crippen LogP contribution < -0.4 is 20.1 Å². The minimum Gasteiger partial charge on any atom is -0.493 e. The van der Waals surface area contributed by atoms with Crippen molar-refractivity contribution >= 4 is 28.9 Å². The first-order chi connectivity index (χ1) is 16.2. The van der Waals surface area contributed by atoms with Gasteiger partial charge in [0.2, 0.25) is 0 Å². The summed E-state index contributed by atoms with van der Waals surface area (Å²) in [4.78, 5) is 20.8. The third-order valence-corrected chi connectivity index (χ3v) is 6.10. The molecule has 34 heavy (non-hydrogen) atoms. The molecule has 0 aliphatic carbocycles. The molecule has 0 saturated carbocycles. The van der Waals surface area contributed by atoms with E-state index in [1.165, 1.54) is 0 Å². The highest BCUT2D eigenvalue weighted by Gasteiger charge is 2.31. The van der Waals surface area contributed by atoms with Crippen LogP contribution in [0, 0.1) is 0 Å². The van der Waals surface area contributed by atoms with Crippen LogP contribution in [0.2, 0.25) is 5.02 Å². The van der Waals surface area contributed by atoms with Crippen molar-refractivity contribution < 1.29 is 19.0 Å². The highest BCUT2D eigenvalue weighted by molar-refractivity contribution is 6.32. The molecule has 3 aromatic rings. The number of carbonyl (C=O) groups is 1. The maximum absolute atomic E-state index is 13.1. The Labute approximate surface area is 204 Å². The van der Waals surface area contributed by atoms with Crippen LogP contribution in [-0.2, 0) is 11.2 Å². The lowest BCUT2D eigenvalue weighted by Gasteiger charge is -2.23. The average Bonchev–Trinajstić information content (AvgIpc) is 3.16. The summed E-state index contributed by atoms with van der Waals surface area (Å²) in [5, 5.41) is 6.87. The molecule has 0 bridgehead atoms. The number of hydrogen-bond acceptors (Lipinski definition) is 6. The SMILES string of the molecule is COc1c(Cl)cccc1Nc1c(-c2ccncc2OCC(C)(C)OC)[nH]c2c1C(=O)NC(C)C2. The second-order valence-electron chi connectivity index (χ2n) is 8.88. The summed E-state index contributed by atoms with van der Waals surface area (Å²) in [6.07, 6.45) is 4.02. The first-order valence-electron chi connectivity index (χ1n) is 11.0. The molecule has 1 aliphatic heterocycles. The molecule has 2 aromatic heterocycles. The Morgan fingerprint density at radius 3 is 2.79 bits per heavy atom. The van der Waals surface area contributed by atoms with Crippen LogP contribution in [0.4, 0.5) is 11.4 Å². The molecule has 1 aromatic carbocycles. The zero-order valence-corrected chi connectivity index (χ0v) is 20.7. The molecule has 1 amide bonds. The fourth-order valence-electron chi connectivity index (χ4n) is 3.90. The van der Waals surface area contributed by atoms with Gasteiger partial charge in [0.1, 0.15) is 12.4 Å². The minimum atomic E-state index is -0.480. The van der Waals surface area contributed by atoms with Gasteiger partial charge in [-0.3, -0.25) is 9.78 Å². The van der Waals surface area contributed by atoms with Crippen LogP contribution in [0.3, 0.4) is 0 Å². The summed E-state index contributed by atoms with van der Waals surface area (Å²) in [6.45, 7) is 6.19. The van der Waals surface area contributed by atoms with Crippen LogP contribution in [0.5, 0.6) is 11.5 Å². The largest absolute Gasteiger partial charge is 0.493 e. The number of rotatable bonds is 8. The second kappa shape index (κ2) is 9.56. The molecule has 0 radical (unpaired) electrons. The van der Waals surface area contributed by atoms with Crippen molar-refractivity contribution in [3.63, 3.8) is 0 Å². The van der Waals surface area contributed by atoms with Crippen molar-refractivity contribution in [1.29, 1.82) is 0 Å². The van der Waals surface area contributed by atoms with E-state index in [1.54, 1.807) is 32.7 Å². The van der Waals surface area contributed by atoms with Gasteiger partial charge in [-0.15, -0.1) is 0 Å². The maximum atomic E-state index is 13.1. The fourth-order valence-corrected chi connectivity index (χ4v) is 4.15. The number of aromatic nitrogens is 2. The maximum Gasteiger partial charge on any atom is 0.255 e. The molecule has 9 heteroatoms. The van der Waals surface area contributed by atoms with Crippen LogP contribution >= 0.6 is 11.6 Å². The lowest BCUT2D eigenvalue weighted by Crippen LogP contribution is -2.39. The van der Waals surface area contributed by atoms with E-state index >= 15 is 0 Å². The van der Waals surface area contributed by atoms with Gasteiger partial charge >= 0.3 is 0 Å². The summed E-state index contributed by atoms with van der Waals surface area (Å²) in [7, 11) is 3.20. The summed E-state index contributed by atoms with van der Waals surface area (Å²) in [5.41, 5.74) is 3.64. The number of aromatic amines is 1. The highest BCUT2D eigenvalue weighted by Crippen LogP contribution is 2.43. The van der Waals surface area contributed by atoms with Crippen molar-refractivity contribution in [1.82, 2.24) is 15.3 Å². The second-order valence-corrected chi connectivity index (χ2v) is 9.28. The third kappa shape index (κ3) is 4.69. The number of methoxy groups -OCH3 is 2. The molecular weight excluding hydrogens is 456 g/mol. The number of ether oxygens (including phenoxy) is 3. The standard InChI is InChI=1S/C25H29ClN4O4/c1-14-11-18-20(24(31)28-14)22(29-17-8-6-7-16(26)23(17)32-4)21(30-18)15-9-10-27-12-19(15)34-13-25(2,3)33-5/h6-10,12,14,29-30H,11,13H2,1-5H3,(H,28,31). The highest BCUT2D eigenvalue weighted by atomic mass is 35.5. The molecule has 3 N–H and O–H groups in total. The molecule has 3 heterocycles. The number of anilines is 2.